The van der Waals surface area contributed by atoms with Gasteiger partial charge in [0.05, 0.1) is 6.04 Å². The highest BCUT2D eigenvalue weighted by Crippen LogP contribution is 2.20. The fourth-order valence-electron chi connectivity index (χ4n) is 2.85. The van der Waals surface area contributed by atoms with Gasteiger partial charge in [0.15, 0.2) is 0 Å². The first kappa shape index (κ1) is 18.6. The molecular formula is C20H24N6O. The number of urea groups is 1. The van der Waals surface area contributed by atoms with Crippen molar-refractivity contribution in [2.75, 3.05) is 5.32 Å². The van der Waals surface area contributed by atoms with Crippen molar-refractivity contribution in [1.82, 2.24) is 25.5 Å². The van der Waals surface area contributed by atoms with Crippen LogP contribution >= 0.6 is 0 Å². The van der Waals surface area contributed by atoms with Gasteiger partial charge in [0.25, 0.3) is 0 Å². The third kappa shape index (κ3) is 5.64. The molecule has 0 unspecified atom stereocenters. The maximum atomic E-state index is 12.4. The molecule has 7 nitrogen and oxygen atoms in total. The van der Waals surface area contributed by atoms with Gasteiger partial charge in [-0.3, -0.25) is 15.4 Å². The molecule has 1 aromatic carbocycles. The Morgan fingerprint density at radius 1 is 1.15 bits per heavy atom. The van der Waals surface area contributed by atoms with Crippen molar-refractivity contribution in [3.05, 3.63) is 71.8 Å². The number of anilines is 1. The molecule has 3 rings (SSSR count). The van der Waals surface area contributed by atoms with Gasteiger partial charge in [-0.1, -0.05) is 50.2 Å². The lowest BCUT2D eigenvalue weighted by atomic mass is 9.98. The van der Waals surface area contributed by atoms with E-state index in [2.05, 4.69) is 44.6 Å². The van der Waals surface area contributed by atoms with Gasteiger partial charge in [-0.2, -0.15) is 4.98 Å². The number of hydrogen-bond donors (Lipinski definition) is 3. The molecule has 0 aliphatic heterocycles. The van der Waals surface area contributed by atoms with Crippen LogP contribution in [0.25, 0.3) is 0 Å². The maximum Gasteiger partial charge on any atom is 0.322 e. The number of nitrogens with zero attached hydrogens (tertiary/aromatic N) is 3. The second-order valence-corrected chi connectivity index (χ2v) is 6.84. The minimum Gasteiger partial charge on any atom is -0.331 e. The molecule has 27 heavy (non-hydrogen) atoms. The van der Waals surface area contributed by atoms with Crippen LogP contribution in [-0.4, -0.2) is 26.2 Å². The summed E-state index contributed by atoms with van der Waals surface area (Å²) in [6, 6.07) is 13.3. The third-order valence-electron chi connectivity index (χ3n) is 4.07. The second kappa shape index (κ2) is 8.93. The maximum absolute atomic E-state index is 12.4. The second-order valence-electron chi connectivity index (χ2n) is 6.84. The predicted molar refractivity (Wildman–Crippen MR) is 104 cm³/mol. The number of carbonyl (C=O) groups is 1. The van der Waals surface area contributed by atoms with Crippen LogP contribution in [0.5, 0.6) is 0 Å². The van der Waals surface area contributed by atoms with Crippen molar-refractivity contribution in [3.63, 3.8) is 0 Å². The highest BCUT2D eigenvalue weighted by Gasteiger charge is 2.17. The van der Waals surface area contributed by atoms with Crippen LogP contribution in [0.2, 0.25) is 0 Å². The smallest absolute Gasteiger partial charge is 0.322 e. The molecule has 0 saturated carbocycles. The van der Waals surface area contributed by atoms with Gasteiger partial charge in [-0.25, -0.2) is 4.79 Å². The summed E-state index contributed by atoms with van der Waals surface area (Å²) in [6.45, 7) is 4.24. The quantitative estimate of drug-likeness (QED) is 0.596. The number of rotatable bonds is 7. The predicted octanol–water partition coefficient (Wildman–Crippen LogP) is 3.70. The molecular weight excluding hydrogens is 340 g/mol. The topological polar surface area (TPSA) is 95.6 Å². The van der Waals surface area contributed by atoms with E-state index in [-0.39, 0.29) is 18.0 Å². The molecule has 0 bridgehead atoms. The van der Waals surface area contributed by atoms with E-state index in [1.807, 2.05) is 42.5 Å². The molecule has 0 radical (unpaired) electrons. The summed E-state index contributed by atoms with van der Waals surface area (Å²) in [5.74, 6) is 1.38. The Morgan fingerprint density at radius 2 is 1.96 bits per heavy atom. The normalized spacial score (nSPS) is 12.0. The lowest BCUT2D eigenvalue weighted by Gasteiger charge is -2.20. The molecule has 0 fully saturated rings. The molecule has 2 aromatic heterocycles. The number of H-pyrrole nitrogens is 1. The molecule has 0 saturated heterocycles. The Balaban J connectivity index is 1.61. The summed E-state index contributed by atoms with van der Waals surface area (Å²) < 4.78 is 0. The van der Waals surface area contributed by atoms with Gasteiger partial charge in [0.2, 0.25) is 5.95 Å². The Morgan fingerprint density at radius 3 is 2.67 bits per heavy atom. The van der Waals surface area contributed by atoms with Gasteiger partial charge in [0, 0.05) is 18.8 Å². The van der Waals surface area contributed by atoms with Gasteiger partial charge >= 0.3 is 6.03 Å². The van der Waals surface area contributed by atoms with Crippen molar-refractivity contribution in [2.45, 2.75) is 32.7 Å². The fourth-order valence-corrected chi connectivity index (χ4v) is 2.85. The van der Waals surface area contributed by atoms with Gasteiger partial charge < -0.3 is 5.32 Å². The van der Waals surface area contributed by atoms with E-state index < -0.39 is 0 Å². The number of amides is 2. The summed E-state index contributed by atoms with van der Waals surface area (Å²) in [6.07, 6.45) is 4.94. The number of nitrogens with one attached hydrogen (secondary N) is 3. The summed E-state index contributed by atoms with van der Waals surface area (Å²) in [5.41, 5.74) is 2.10. The van der Waals surface area contributed by atoms with E-state index >= 15 is 0 Å². The van der Waals surface area contributed by atoms with Gasteiger partial charge in [-0.05, 0) is 29.5 Å². The van der Waals surface area contributed by atoms with E-state index in [1.54, 1.807) is 12.4 Å². The van der Waals surface area contributed by atoms with Crippen LogP contribution < -0.4 is 10.6 Å². The van der Waals surface area contributed by atoms with Crippen molar-refractivity contribution in [2.24, 2.45) is 5.92 Å². The zero-order valence-electron chi connectivity index (χ0n) is 15.5. The zero-order valence-corrected chi connectivity index (χ0v) is 15.5. The summed E-state index contributed by atoms with van der Waals surface area (Å²) in [5, 5.41) is 12.6. The number of aromatic nitrogens is 4. The SMILES string of the molecule is CC(C)C[C@H](NC(=O)Nc1n[nH]c(Cc2ccccc2)n1)c1cccnc1. The zero-order chi connectivity index (χ0) is 19.1. The summed E-state index contributed by atoms with van der Waals surface area (Å²) >= 11 is 0. The molecule has 0 aliphatic carbocycles. The number of aromatic amines is 1. The standard InChI is InChI=1S/C20H24N6O/c1-14(2)11-17(16-9-6-10-21-13-16)22-20(27)24-19-23-18(25-26-19)12-15-7-4-3-5-8-15/h3-10,13-14,17H,11-12H2,1-2H3,(H3,22,23,24,25,26,27)/t17-/m0/s1. The molecule has 140 valence electrons. The van der Waals surface area contributed by atoms with E-state index in [0.29, 0.717) is 18.2 Å². The minimum absolute atomic E-state index is 0.124. The number of benzene rings is 1. The first-order chi connectivity index (χ1) is 13.1. The Bertz CT molecular complexity index is 847. The van der Waals surface area contributed by atoms with Crippen LogP contribution in [0.3, 0.4) is 0 Å². The van der Waals surface area contributed by atoms with Crippen molar-refractivity contribution in [3.8, 4) is 0 Å². The lowest BCUT2D eigenvalue weighted by molar-refractivity contribution is 0.246. The van der Waals surface area contributed by atoms with E-state index in [0.717, 1.165) is 17.5 Å². The van der Waals surface area contributed by atoms with Crippen LogP contribution in [0.1, 0.15) is 43.3 Å². The molecule has 0 aliphatic rings. The largest absolute Gasteiger partial charge is 0.331 e. The van der Waals surface area contributed by atoms with Gasteiger partial charge in [-0.15, -0.1) is 5.10 Å². The Labute approximate surface area is 158 Å². The number of hydrogen-bond acceptors (Lipinski definition) is 4. The summed E-state index contributed by atoms with van der Waals surface area (Å²) in [4.78, 5) is 20.9. The highest BCUT2D eigenvalue weighted by atomic mass is 16.2. The Kier molecular flexibility index (Phi) is 6.14. The summed E-state index contributed by atoms with van der Waals surface area (Å²) in [7, 11) is 0. The molecule has 0 spiro atoms. The highest BCUT2D eigenvalue weighted by molar-refractivity contribution is 5.87. The van der Waals surface area contributed by atoms with Crippen LogP contribution in [0, 0.1) is 5.92 Å². The van der Waals surface area contributed by atoms with Gasteiger partial charge in [0.1, 0.15) is 5.82 Å². The first-order valence-corrected chi connectivity index (χ1v) is 9.03. The van der Waals surface area contributed by atoms with Crippen molar-refractivity contribution < 1.29 is 4.79 Å². The van der Waals surface area contributed by atoms with E-state index in [4.69, 9.17) is 0 Å². The van der Waals surface area contributed by atoms with E-state index in [9.17, 15) is 4.79 Å². The molecule has 3 aromatic rings. The average molecular weight is 364 g/mol. The van der Waals surface area contributed by atoms with E-state index in [1.165, 1.54) is 0 Å². The molecule has 3 N–H and O–H groups in total. The minimum atomic E-state index is -0.338. The van der Waals surface area contributed by atoms with Crippen LogP contribution in [-0.2, 0) is 6.42 Å². The molecule has 2 amide bonds. The lowest BCUT2D eigenvalue weighted by Crippen LogP contribution is -2.33. The fraction of sp³-hybridized carbons (Fsp3) is 0.300. The van der Waals surface area contributed by atoms with Crippen LogP contribution in [0.15, 0.2) is 54.9 Å². The number of carbonyl (C=O) groups excluding carboxylic acids is 1. The third-order valence-corrected chi connectivity index (χ3v) is 4.07. The Hall–Kier alpha value is -3.22. The van der Waals surface area contributed by atoms with Crippen molar-refractivity contribution in [1.29, 1.82) is 0 Å². The molecule has 7 heteroatoms. The van der Waals surface area contributed by atoms with Crippen molar-refractivity contribution >= 4 is 12.0 Å². The molecule has 1 atom stereocenters. The monoisotopic (exact) mass is 364 g/mol. The first-order valence-electron chi connectivity index (χ1n) is 9.03. The number of pyridine rings is 1. The average Bonchev–Trinajstić information content (AvgIpc) is 3.09. The molecule has 2 heterocycles. The van der Waals surface area contributed by atoms with Crippen LogP contribution in [0.4, 0.5) is 10.7 Å².